The van der Waals surface area contributed by atoms with Crippen LogP contribution in [0, 0.1) is 0 Å². The number of nitrogens with one attached hydrogen (secondary N) is 1. The van der Waals surface area contributed by atoms with Gasteiger partial charge in [-0.15, -0.1) is 0 Å². The number of hydrogen-bond donors (Lipinski definition) is 2. The van der Waals surface area contributed by atoms with Crippen LogP contribution >= 0.6 is 27.5 Å². The summed E-state index contributed by atoms with van der Waals surface area (Å²) in [5.74, 6) is 5.75. The zero-order valence-corrected chi connectivity index (χ0v) is 11.4. The lowest BCUT2D eigenvalue weighted by atomic mass is 10.3. The molecule has 0 fully saturated rings. The monoisotopic (exact) mass is 329 g/mol. The molecule has 0 saturated carbocycles. The second kappa shape index (κ2) is 5.47. The number of hydrazine groups is 1. The Balaban J connectivity index is 2.39. The zero-order valence-electron chi connectivity index (χ0n) is 9.10. The standard InChI is InChI=1S/C10H9BrClN5O/c11-6-3-14-5-17(10(6)18)4-8-7(12)1-2-9(15-8)16-13/h1-3,5H,4,13H2,(H,15,16). The summed E-state index contributed by atoms with van der Waals surface area (Å²) in [6.07, 6.45) is 2.86. The molecule has 2 rings (SSSR count). The van der Waals surface area contributed by atoms with E-state index in [1.54, 1.807) is 12.1 Å². The average Bonchev–Trinajstić information content (AvgIpc) is 2.37. The maximum absolute atomic E-state index is 11.8. The van der Waals surface area contributed by atoms with E-state index in [1.807, 2.05) is 0 Å². The summed E-state index contributed by atoms with van der Waals surface area (Å²) in [6.45, 7) is 0.222. The maximum atomic E-state index is 11.8. The Morgan fingerprint density at radius 1 is 1.50 bits per heavy atom. The maximum Gasteiger partial charge on any atom is 0.267 e. The summed E-state index contributed by atoms with van der Waals surface area (Å²) in [5.41, 5.74) is 2.76. The first-order valence-electron chi connectivity index (χ1n) is 4.94. The van der Waals surface area contributed by atoms with Crippen molar-refractivity contribution in [2.75, 3.05) is 5.43 Å². The molecule has 6 nitrogen and oxygen atoms in total. The summed E-state index contributed by atoms with van der Waals surface area (Å²) in [4.78, 5) is 19.9. The molecule has 0 spiro atoms. The number of nitrogen functional groups attached to an aromatic ring is 1. The van der Waals surface area contributed by atoms with Gasteiger partial charge in [0.15, 0.2) is 0 Å². The second-order valence-corrected chi connectivity index (χ2v) is 4.71. The van der Waals surface area contributed by atoms with Crippen molar-refractivity contribution in [3.63, 3.8) is 0 Å². The van der Waals surface area contributed by atoms with Crippen LogP contribution in [-0.4, -0.2) is 14.5 Å². The van der Waals surface area contributed by atoms with Crippen molar-refractivity contribution >= 4 is 33.3 Å². The number of aromatic nitrogens is 3. The number of pyridine rings is 1. The first-order chi connectivity index (χ1) is 8.61. The first kappa shape index (κ1) is 13.0. The Morgan fingerprint density at radius 2 is 2.28 bits per heavy atom. The molecule has 2 aromatic rings. The van der Waals surface area contributed by atoms with Gasteiger partial charge >= 0.3 is 0 Å². The SMILES string of the molecule is NNc1ccc(Cl)c(Cn2cncc(Br)c2=O)n1. The number of hydrogen-bond acceptors (Lipinski definition) is 5. The number of anilines is 1. The largest absolute Gasteiger partial charge is 0.308 e. The molecule has 2 heterocycles. The van der Waals surface area contributed by atoms with Gasteiger partial charge in [0, 0.05) is 6.20 Å². The predicted molar refractivity (Wildman–Crippen MR) is 72.4 cm³/mol. The summed E-state index contributed by atoms with van der Waals surface area (Å²) in [5, 5.41) is 0.459. The van der Waals surface area contributed by atoms with Crippen molar-refractivity contribution < 1.29 is 0 Å². The molecule has 0 aliphatic carbocycles. The summed E-state index contributed by atoms with van der Waals surface area (Å²) < 4.78 is 1.78. The van der Waals surface area contributed by atoms with Crippen LogP contribution in [0.5, 0.6) is 0 Å². The molecule has 0 radical (unpaired) electrons. The molecule has 0 unspecified atom stereocenters. The van der Waals surface area contributed by atoms with E-state index in [4.69, 9.17) is 17.4 Å². The lowest BCUT2D eigenvalue weighted by molar-refractivity contribution is 0.715. The van der Waals surface area contributed by atoms with Crippen molar-refractivity contribution in [3.8, 4) is 0 Å². The minimum Gasteiger partial charge on any atom is -0.308 e. The van der Waals surface area contributed by atoms with Gasteiger partial charge in [-0.25, -0.2) is 15.8 Å². The first-order valence-corrected chi connectivity index (χ1v) is 6.11. The molecule has 0 saturated heterocycles. The Kier molecular flexibility index (Phi) is 3.95. The van der Waals surface area contributed by atoms with Crippen LogP contribution < -0.4 is 16.8 Å². The third kappa shape index (κ3) is 2.69. The van der Waals surface area contributed by atoms with Gasteiger partial charge in [-0.2, -0.15) is 0 Å². The minimum atomic E-state index is -0.200. The molecule has 18 heavy (non-hydrogen) atoms. The highest BCUT2D eigenvalue weighted by molar-refractivity contribution is 9.10. The third-order valence-corrected chi connectivity index (χ3v) is 3.13. The molecule has 0 aliphatic heterocycles. The van der Waals surface area contributed by atoms with Crippen molar-refractivity contribution in [2.45, 2.75) is 6.54 Å². The molecule has 2 aromatic heterocycles. The fourth-order valence-electron chi connectivity index (χ4n) is 1.37. The van der Waals surface area contributed by atoms with Crippen LogP contribution in [0.1, 0.15) is 5.69 Å². The van der Waals surface area contributed by atoms with E-state index in [2.05, 4.69) is 31.3 Å². The fourth-order valence-corrected chi connectivity index (χ4v) is 1.88. The fraction of sp³-hybridized carbons (Fsp3) is 0.100. The van der Waals surface area contributed by atoms with Crippen LogP contribution in [0.2, 0.25) is 5.02 Å². The number of halogens is 2. The van der Waals surface area contributed by atoms with Crippen molar-refractivity contribution in [3.05, 3.63) is 50.2 Å². The lowest BCUT2D eigenvalue weighted by Gasteiger charge is -2.08. The second-order valence-electron chi connectivity index (χ2n) is 3.44. The van der Waals surface area contributed by atoms with E-state index in [9.17, 15) is 4.79 Å². The molecule has 8 heteroatoms. The van der Waals surface area contributed by atoms with E-state index in [0.717, 1.165) is 0 Å². The molecular weight excluding hydrogens is 322 g/mol. The van der Waals surface area contributed by atoms with Crippen LogP contribution in [0.25, 0.3) is 0 Å². The number of nitrogens with zero attached hydrogens (tertiary/aromatic N) is 3. The topological polar surface area (TPSA) is 85.8 Å². The van der Waals surface area contributed by atoms with Gasteiger partial charge in [0.05, 0.1) is 23.6 Å². The zero-order chi connectivity index (χ0) is 13.1. The van der Waals surface area contributed by atoms with Crippen LogP contribution in [0.15, 0.2) is 33.9 Å². The minimum absolute atomic E-state index is 0.200. The summed E-state index contributed by atoms with van der Waals surface area (Å²) in [6, 6.07) is 3.31. The number of rotatable bonds is 3. The van der Waals surface area contributed by atoms with Gasteiger partial charge < -0.3 is 5.43 Å². The molecule has 0 bridgehead atoms. The van der Waals surface area contributed by atoms with Crippen molar-refractivity contribution in [1.82, 2.24) is 14.5 Å². The Hall–Kier alpha value is -1.44. The highest BCUT2D eigenvalue weighted by Crippen LogP contribution is 2.16. The summed E-state index contributed by atoms with van der Waals surface area (Å²) >= 11 is 9.14. The van der Waals surface area contributed by atoms with E-state index in [-0.39, 0.29) is 12.1 Å². The van der Waals surface area contributed by atoms with Gasteiger partial charge in [-0.1, -0.05) is 11.6 Å². The predicted octanol–water partition coefficient (Wildman–Crippen LogP) is 1.39. The van der Waals surface area contributed by atoms with Crippen LogP contribution in [-0.2, 0) is 6.54 Å². The van der Waals surface area contributed by atoms with Crippen LogP contribution in [0.4, 0.5) is 5.82 Å². The third-order valence-electron chi connectivity index (χ3n) is 2.25. The van der Waals surface area contributed by atoms with Gasteiger partial charge in [0.2, 0.25) is 0 Å². The normalized spacial score (nSPS) is 10.4. The molecule has 94 valence electrons. The molecule has 3 N–H and O–H groups in total. The van der Waals surface area contributed by atoms with E-state index < -0.39 is 0 Å². The van der Waals surface area contributed by atoms with Gasteiger partial charge in [-0.05, 0) is 28.1 Å². The van der Waals surface area contributed by atoms with E-state index >= 15 is 0 Å². The highest BCUT2D eigenvalue weighted by atomic mass is 79.9. The Labute approximate surface area is 116 Å². The average molecular weight is 331 g/mol. The Morgan fingerprint density at radius 3 is 3.00 bits per heavy atom. The Bertz CT molecular complexity index is 630. The molecule has 0 atom stereocenters. The summed E-state index contributed by atoms with van der Waals surface area (Å²) in [7, 11) is 0. The van der Waals surface area contributed by atoms with Gasteiger partial charge in [0.25, 0.3) is 5.56 Å². The van der Waals surface area contributed by atoms with Crippen molar-refractivity contribution in [2.24, 2.45) is 5.84 Å². The molecule has 0 aliphatic rings. The molecular formula is C10H9BrClN5O. The molecule has 0 amide bonds. The number of nitrogens with two attached hydrogens (primary N) is 1. The van der Waals surface area contributed by atoms with Crippen molar-refractivity contribution in [1.29, 1.82) is 0 Å². The lowest BCUT2D eigenvalue weighted by Crippen LogP contribution is -2.22. The van der Waals surface area contributed by atoms with Crippen LogP contribution in [0.3, 0.4) is 0 Å². The van der Waals surface area contributed by atoms with Gasteiger partial charge in [-0.3, -0.25) is 9.36 Å². The van der Waals surface area contributed by atoms with E-state index in [1.165, 1.54) is 17.1 Å². The smallest absolute Gasteiger partial charge is 0.267 e. The van der Waals surface area contributed by atoms with E-state index in [0.29, 0.717) is 21.0 Å². The van der Waals surface area contributed by atoms with Gasteiger partial charge in [0.1, 0.15) is 10.3 Å². The highest BCUT2D eigenvalue weighted by Gasteiger charge is 2.07. The molecule has 0 aromatic carbocycles. The quantitative estimate of drug-likeness (QED) is 0.656.